The number of hydrogen-bond acceptors (Lipinski definition) is 6. The van der Waals surface area contributed by atoms with Gasteiger partial charge in [0.1, 0.15) is 19.0 Å². The van der Waals surface area contributed by atoms with Crippen molar-refractivity contribution in [2.75, 3.05) is 27.3 Å². The third-order valence-electron chi connectivity index (χ3n) is 4.57. The molecule has 0 fully saturated rings. The second-order valence-corrected chi connectivity index (χ2v) is 7.76. The molecule has 0 heterocycles. The van der Waals surface area contributed by atoms with Crippen molar-refractivity contribution >= 4 is 17.6 Å². The molecule has 166 valence electrons. The number of nitrogens with zero attached hydrogens (tertiary/aromatic N) is 1. The molecule has 0 aliphatic carbocycles. The van der Waals surface area contributed by atoms with E-state index in [2.05, 4.69) is 5.32 Å². The molecule has 2 aromatic carbocycles. The SMILES string of the molecule is CNC(=O)C(C(=O)CO)N(C)C(=O)c1ccc(-c2ccc(OCC(C)(C)O)cc2)cc1. The maximum absolute atomic E-state index is 12.7. The molecule has 8 heteroatoms. The van der Waals surface area contributed by atoms with Crippen molar-refractivity contribution in [2.45, 2.75) is 25.5 Å². The van der Waals surface area contributed by atoms with Crippen LogP contribution in [0.15, 0.2) is 48.5 Å². The molecule has 0 aliphatic heterocycles. The van der Waals surface area contributed by atoms with Crippen molar-refractivity contribution < 1.29 is 29.3 Å². The fraction of sp³-hybridized carbons (Fsp3) is 0.348. The molecule has 8 nitrogen and oxygen atoms in total. The van der Waals surface area contributed by atoms with Crippen LogP contribution in [0.2, 0.25) is 0 Å². The van der Waals surface area contributed by atoms with Crippen LogP contribution < -0.4 is 10.1 Å². The van der Waals surface area contributed by atoms with Crippen molar-refractivity contribution in [3.8, 4) is 16.9 Å². The van der Waals surface area contributed by atoms with Gasteiger partial charge in [-0.1, -0.05) is 24.3 Å². The number of rotatable bonds is 9. The first-order valence-electron chi connectivity index (χ1n) is 9.75. The lowest BCUT2D eigenvalue weighted by molar-refractivity contribution is -0.135. The average molecular weight is 428 g/mol. The molecule has 0 aliphatic rings. The van der Waals surface area contributed by atoms with E-state index in [4.69, 9.17) is 9.84 Å². The van der Waals surface area contributed by atoms with E-state index in [0.29, 0.717) is 11.3 Å². The lowest BCUT2D eigenvalue weighted by Gasteiger charge is -2.25. The van der Waals surface area contributed by atoms with Crippen LogP contribution in [0.3, 0.4) is 0 Å². The van der Waals surface area contributed by atoms with Crippen LogP contribution in [-0.4, -0.2) is 71.7 Å². The third-order valence-corrected chi connectivity index (χ3v) is 4.57. The Balaban J connectivity index is 2.14. The highest BCUT2D eigenvalue weighted by Gasteiger charge is 2.32. The van der Waals surface area contributed by atoms with E-state index < -0.39 is 35.8 Å². The van der Waals surface area contributed by atoms with E-state index in [0.717, 1.165) is 16.0 Å². The fourth-order valence-electron chi connectivity index (χ4n) is 2.89. The molecule has 2 amide bonds. The Kier molecular flexibility index (Phi) is 7.90. The number of nitrogens with one attached hydrogen (secondary N) is 1. The van der Waals surface area contributed by atoms with Gasteiger partial charge in [-0.05, 0) is 49.2 Å². The van der Waals surface area contributed by atoms with E-state index in [-0.39, 0.29) is 6.61 Å². The summed E-state index contributed by atoms with van der Waals surface area (Å²) in [6, 6.07) is 12.7. The summed E-state index contributed by atoms with van der Waals surface area (Å²) in [5.41, 5.74) is 1.15. The van der Waals surface area contributed by atoms with E-state index in [1.807, 2.05) is 12.1 Å². The summed E-state index contributed by atoms with van der Waals surface area (Å²) in [5, 5.41) is 21.2. The average Bonchev–Trinajstić information content (AvgIpc) is 2.76. The molecule has 0 aromatic heterocycles. The molecule has 0 saturated heterocycles. The summed E-state index contributed by atoms with van der Waals surface area (Å²) in [7, 11) is 2.70. The van der Waals surface area contributed by atoms with Crippen molar-refractivity contribution in [2.24, 2.45) is 0 Å². The standard InChI is InChI=1S/C23H28N2O6/c1-23(2,30)14-31-18-11-9-16(10-12-18)15-5-7-17(8-6-15)22(29)25(4)20(19(27)13-26)21(28)24-3/h5-12,20,26,30H,13-14H2,1-4H3,(H,24,28). The predicted octanol–water partition coefficient (Wildman–Crippen LogP) is 1.25. The second kappa shape index (κ2) is 10.2. The third kappa shape index (κ3) is 6.37. The zero-order chi connectivity index (χ0) is 23.2. The zero-order valence-corrected chi connectivity index (χ0v) is 18.1. The van der Waals surface area contributed by atoms with Gasteiger partial charge >= 0.3 is 0 Å². The molecule has 0 bridgehead atoms. The van der Waals surface area contributed by atoms with Gasteiger partial charge < -0.3 is 25.2 Å². The summed E-state index contributed by atoms with van der Waals surface area (Å²) in [5.74, 6) is -1.32. The van der Waals surface area contributed by atoms with Crippen molar-refractivity contribution in [1.82, 2.24) is 10.2 Å². The van der Waals surface area contributed by atoms with Crippen LogP contribution >= 0.6 is 0 Å². The number of aliphatic hydroxyl groups is 2. The van der Waals surface area contributed by atoms with Gasteiger partial charge in [0, 0.05) is 19.7 Å². The first-order chi connectivity index (χ1) is 14.6. The topological polar surface area (TPSA) is 116 Å². The van der Waals surface area contributed by atoms with Crippen molar-refractivity contribution in [3.05, 3.63) is 54.1 Å². The van der Waals surface area contributed by atoms with Crippen molar-refractivity contribution in [1.29, 1.82) is 0 Å². The van der Waals surface area contributed by atoms with E-state index >= 15 is 0 Å². The van der Waals surface area contributed by atoms with Crippen LogP contribution in [-0.2, 0) is 9.59 Å². The van der Waals surface area contributed by atoms with Crippen LogP contribution in [0.1, 0.15) is 24.2 Å². The Morgan fingerprint density at radius 2 is 1.55 bits per heavy atom. The normalized spacial score (nSPS) is 12.1. The second-order valence-electron chi connectivity index (χ2n) is 7.76. The number of Topliss-reactive ketones (excluding diaryl/α,β-unsaturated/α-hetero) is 1. The number of aliphatic hydroxyl groups excluding tert-OH is 1. The minimum Gasteiger partial charge on any atom is -0.491 e. The molecular formula is C23H28N2O6. The Hall–Kier alpha value is -3.23. The van der Waals surface area contributed by atoms with Gasteiger partial charge in [-0.2, -0.15) is 0 Å². The van der Waals surface area contributed by atoms with E-state index in [1.165, 1.54) is 14.1 Å². The molecule has 1 unspecified atom stereocenters. The van der Waals surface area contributed by atoms with Gasteiger partial charge in [-0.3, -0.25) is 14.4 Å². The van der Waals surface area contributed by atoms with Gasteiger partial charge in [0.15, 0.2) is 11.8 Å². The monoisotopic (exact) mass is 428 g/mol. The smallest absolute Gasteiger partial charge is 0.254 e. The van der Waals surface area contributed by atoms with Gasteiger partial charge in [-0.25, -0.2) is 0 Å². The van der Waals surface area contributed by atoms with Gasteiger partial charge in [0.2, 0.25) is 5.91 Å². The molecular weight excluding hydrogens is 400 g/mol. The number of carbonyl (C=O) groups is 3. The maximum Gasteiger partial charge on any atom is 0.254 e. The van der Waals surface area contributed by atoms with Crippen LogP contribution in [0, 0.1) is 0 Å². The Labute approximate surface area is 181 Å². The molecule has 3 N–H and O–H groups in total. The van der Waals surface area contributed by atoms with E-state index in [1.54, 1.807) is 50.2 Å². The lowest BCUT2D eigenvalue weighted by atomic mass is 10.0. The number of likely N-dealkylation sites (N-methyl/N-ethyl adjacent to an activating group) is 2. The Bertz CT molecular complexity index is 901. The minimum absolute atomic E-state index is 0.173. The summed E-state index contributed by atoms with van der Waals surface area (Å²) in [6.07, 6.45) is 0. The molecule has 0 spiro atoms. The first-order valence-corrected chi connectivity index (χ1v) is 9.75. The van der Waals surface area contributed by atoms with Gasteiger partial charge in [0.25, 0.3) is 5.91 Å². The fourth-order valence-corrected chi connectivity index (χ4v) is 2.89. The molecule has 1 atom stereocenters. The maximum atomic E-state index is 12.7. The van der Waals surface area contributed by atoms with Crippen molar-refractivity contribution in [3.63, 3.8) is 0 Å². The first kappa shape index (κ1) is 24.0. The van der Waals surface area contributed by atoms with Gasteiger partial charge in [-0.15, -0.1) is 0 Å². The number of ether oxygens (including phenoxy) is 1. The lowest BCUT2D eigenvalue weighted by Crippen LogP contribution is -2.52. The van der Waals surface area contributed by atoms with Crippen LogP contribution in [0.25, 0.3) is 11.1 Å². The Morgan fingerprint density at radius 3 is 2.00 bits per heavy atom. The molecule has 31 heavy (non-hydrogen) atoms. The highest BCUT2D eigenvalue weighted by Crippen LogP contribution is 2.24. The molecule has 0 saturated carbocycles. The number of carbonyl (C=O) groups excluding carboxylic acids is 3. The van der Waals surface area contributed by atoms with Gasteiger partial charge in [0.05, 0.1) is 5.60 Å². The number of benzene rings is 2. The quantitative estimate of drug-likeness (QED) is 0.518. The predicted molar refractivity (Wildman–Crippen MR) is 116 cm³/mol. The largest absolute Gasteiger partial charge is 0.491 e. The highest BCUT2D eigenvalue weighted by molar-refractivity contribution is 6.10. The highest BCUT2D eigenvalue weighted by atomic mass is 16.5. The molecule has 2 aromatic rings. The summed E-state index contributed by atoms with van der Waals surface area (Å²) in [4.78, 5) is 37.7. The zero-order valence-electron chi connectivity index (χ0n) is 18.1. The van der Waals surface area contributed by atoms with Crippen LogP contribution in [0.4, 0.5) is 0 Å². The number of amides is 2. The molecule has 0 radical (unpaired) electrons. The summed E-state index contributed by atoms with van der Waals surface area (Å²) >= 11 is 0. The van der Waals surface area contributed by atoms with E-state index in [9.17, 15) is 19.5 Å². The number of hydrogen-bond donors (Lipinski definition) is 3. The molecule has 2 rings (SSSR count). The Morgan fingerprint density at radius 1 is 1.03 bits per heavy atom. The number of ketones is 1. The van der Waals surface area contributed by atoms with Crippen LogP contribution in [0.5, 0.6) is 5.75 Å². The summed E-state index contributed by atoms with van der Waals surface area (Å²) in [6.45, 7) is 2.66. The summed E-state index contributed by atoms with van der Waals surface area (Å²) < 4.78 is 5.54. The minimum atomic E-state index is -1.40.